The summed E-state index contributed by atoms with van der Waals surface area (Å²) < 4.78 is 13.7. The van der Waals surface area contributed by atoms with Crippen molar-refractivity contribution < 1.29 is 9.50 Å². The molecular formula is C13H18FNO. The van der Waals surface area contributed by atoms with Gasteiger partial charge in [-0.1, -0.05) is 12.1 Å². The molecule has 16 heavy (non-hydrogen) atoms. The van der Waals surface area contributed by atoms with E-state index in [4.69, 9.17) is 0 Å². The number of likely N-dealkylation sites (N-methyl/N-ethyl adjacent to an activating group) is 1. The Hall–Kier alpha value is -1.09. The number of hydrogen-bond donors (Lipinski definition) is 1. The van der Waals surface area contributed by atoms with Crippen molar-refractivity contribution in [3.63, 3.8) is 0 Å². The van der Waals surface area contributed by atoms with Gasteiger partial charge in [0.15, 0.2) is 0 Å². The van der Waals surface area contributed by atoms with Gasteiger partial charge < -0.3 is 10.0 Å². The van der Waals surface area contributed by atoms with Crippen LogP contribution in [0.5, 0.6) is 0 Å². The first kappa shape index (κ1) is 11.4. The van der Waals surface area contributed by atoms with E-state index >= 15 is 0 Å². The number of benzene rings is 1. The molecule has 3 heteroatoms. The maximum Gasteiger partial charge on any atom is 0.146 e. The maximum absolute atomic E-state index is 13.7. The molecule has 1 fully saturated rings. The minimum atomic E-state index is -0.320. The van der Waals surface area contributed by atoms with Crippen LogP contribution in [0.25, 0.3) is 0 Å². The Bertz CT molecular complexity index is 356. The summed E-state index contributed by atoms with van der Waals surface area (Å²) in [4.78, 5) is 1.98. The van der Waals surface area contributed by atoms with Crippen LogP contribution in [0.2, 0.25) is 0 Å². The van der Waals surface area contributed by atoms with Crippen LogP contribution in [0, 0.1) is 5.82 Å². The third-order valence-electron chi connectivity index (χ3n) is 3.35. The van der Waals surface area contributed by atoms with Gasteiger partial charge in [0.25, 0.3) is 0 Å². The number of anilines is 1. The van der Waals surface area contributed by atoms with Crippen LogP contribution in [0.15, 0.2) is 24.3 Å². The fourth-order valence-electron chi connectivity index (χ4n) is 2.55. The Morgan fingerprint density at radius 2 is 2.12 bits per heavy atom. The first-order valence-electron chi connectivity index (χ1n) is 5.93. The molecule has 1 saturated carbocycles. The molecule has 0 unspecified atom stereocenters. The third kappa shape index (κ3) is 2.05. The fraction of sp³-hybridized carbons (Fsp3) is 0.538. The van der Waals surface area contributed by atoms with Gasteiger partial charge in [-0.25, -0.2) is 4.39 Å². The second-order valence-electron chi connectivity index (χ2n) is 4.30. The van der Waals surface area contributed by atoms with Crippen LogP contribution >= 0.6 is 0 Å². The summed E-state index contributed by atoms with van der Waals surface area (Å²) in [5.74, 6) is -0.205. The predicted octanol–water partition coefficient (Wildman–Crippen LogP) is 2.57. The normalized spacial score (nSPS) is 24.7. The topological polar surface area (TPSA) is 23.5 Å². The minimum Gasteiger partial charge on any atom is -0.391 e. The van der Waals surface area contributed by atoms with Crippen molar-refractivity contribution in [2.75, 3.05) is 11.4 Å². The lowest BCUT2D eigenvalue weighted by Crippen LogP contribution is -2.40. The largest absolute Gasteiger partial charge is 0.391 e. The van der Waals surface area contributed by atoms with Gasteiger partial charge in [-0.05, 0) is 38.3 Å². The lowest BCUT2D eigenvalue weighted by molar-refractivity contribution is 0.161. The summed E-state index contributed by atoms with van der Waals surface area (Å²) in [5.41, 5.74) is 0.607. The Balaban J connectivity index is 2.25. The van der Waals surface area contributed by atoms with E-state index < -0.39 is 0 Å². The molecule has 1 aromatic carbocycles. The highest BCUT2D eigenvalue weighted by molar-refractivity contribution is 5.49. The van der Waals surface area contributed by atoms with Gasteiger partial charge in [-0.3, -0.25) is 0 Å². The van der Waals surface area contributed by atoms with E-state index in [1.165, 1.54) is 6.07 Å². The molecule has 0 amide bonds. The van der Waals surface area contributed by atoms with Gasteiger partial charge in [0.2, 0.25) is 0 Å². The molecular weight excluding hydrogens is 205 g/mol. The lowest BCUT2D eigenvalue weighted by atomic mass is 10.1. The molecule has 0 bridgehead atoms. The van der Waals surface area contributed by atoms with Crippen molar-refractivity contribution in [2.45, 2.75) is 38.3 Å². The molecule has 0 radical (unpaired) electrons. The summed E-state index contributed by atoms with van der Waals surface area (Å²) >= 11 is 0. The van der Waals surface area contributed by atoms with Crippen LogP contribution in [0.4, 0.5) is 10.1 Å². The number of aliphatic hydroxyl groups is 1. The van der Waals surface area contributed by atoms with Gasteiger partial charge in [-0.2, -0.15) is 0 Å². The first-order chi connectivity index (χ1) is 7.74. The number of nitrogens with zero attached hydrogens (tertiary/aromatic N) is 1. The van der Waals surface area contributed by atoms with Crippen LogP contribution in [0.3, 0.4) is 0 Å². The molecule has 2 nitrogen and oxygen atoms in total. The highest BCUT2D eigenvalue weighted by Gasteiger charge is 2.30. The number of rotatable bonds is 3. The zero-order chi connectivity index (χ0) is 11.5. The molecule has 1 aromatic rings. The van der Waals surface area contributed by atoms with E-state index in [2.05, 4.69) is 0 Å². The van der Waals surface area contributed by atoms with Crippen molar-refractivity contribution >= 4 is 5.69 Å². The third-order valence-corrected chi connectivity index (χ3v) is 3.35. The van der Waals surface area contributed by atoms with Gasteiger partial charge >= 0.3 is 0 Å². The molecule has 0 aromatic heterocycles. The highest BCUT2D eigenvalue weighted by Crippen LogP contribution is 2.29. The predicted molar refractivity (Wildman–Crippen MR) is 63.1 cm³/mol. The van der Waals surface area contributed by atoms with Crippen molar-refractivity contribution in [3.05, 3.63) is 30.1 Å². The van der Waals surface area contributed by atoms with Gasteiger partial charge in [0, 0.05) is 6.54 Å². The molecule has 1 aliphatic carbocycles. The van der Waals surface area contributed by atoms with Crippen molar-refractivity contribution in [1.29, 1.82) is 0 Å². The lowest BCUT2D eigenvalue weighted by Gasteiger charge is -2.32. The van der Waals surface area contributed by atoms with Crippen LogP contribution in [-0.2, 0) is 0 Å². The monoisotopic (exact) mass is 223 g/mol. The first-order valence-corrected chi connectivity index (χ1v) is 5.93. The van der Waals surface area contributed by atoms with Crippen molar-refractivity contribution in [1.82, 2.24) is 0 Å². The van der Waals surface area contributed by atoms with E-state index in [9.17, 15) is 9.50 Å². The molecule has 0 saturated heterocycles. The fourth-order valence-corrected chi connectivity index (χ4v) is 2.55. The second kappa shape index (κ2) is 4.83. The average molecular weight is 223 g/mol. The SMILES string of the molecule is CCN(c1ccccc1F)[C@H]1CCC[C@@H]1O. The Morgan fingerprint density at radius 1 is 1.38 bits per heavy atom. The van der Waals surface area contributed by atoms with Gasteiger partial charge in [0.05, 0.1) is 17.8 Å². The van der Waals surface area contributed by atoms with E-state index in [1.807, 2.05) is 17.9 Å². The summed E-state index contributed by atoms with van der Waals surface area (Å²) in [6.45, 7) is 2.72. The highest BCUT2D eigenvalue weighted by atomic mass is 19.1. The standard InChI is InChI=1S/C13H18FNO/c1-2-15(12-8-5-9-13(12)16)11-7-4-3-6-10(11)14/h3-4,6-7,12-13,16H,2,5,8-9H2,1H3/t12-,13-/m0/s1. The zero-order valence-corrected chi connectivity index (χ0v) is 9.56. The molecule has 0 spiro atoms. The van der Waals surface area contributed by atoms with Crippen molar-refractivity contribution in [2.24, 2.45) is 0 Å². The Kier molecular flexibility index (Phi) is 3.44. The maximum atomic E-state index is 13.7. The average Bonchev–Trinajstić information content (AvgIpc) is 2.69. The smallest absolute Gasteiger partial charge is 0.146 e. The number of para-hydroxylation sites is 1. The Labute approximate surface area is 95.7 Å². The van der Waals surface area contributed by atoms with Crippen LogP contribution in [-0.4, -0.2) is 23.8 Å². The Morgan fingerprint density at radius 3 is 2.69 bits per heavy atom. The summed E-state index contributed by atoms with van der Waals surface area (Å²) in [5, 5.41) is 9.88. The van der Waals surface area contributed by atoms with E-state index in [1.54, 1.807) is 12.1 Å². The summed E-state index contributed by atoms with van der Waals surface area (Å²) in [6, 6.07) is 6.85. The molecule has 2 rings (SSSR count). The van der Waals surface area contributed by atoms with E-state index in [0.717, 1.165) is 25.8 Å². The molecule has 1 N–H and O–H groups in total. The van der Waals surface area contributed by atoms with Crippen LogP contribution in [0.1, 0.15) is 26.2 Å². The number of halogens is 1. The van der Waals surface area contributed by atoms with Crippen molar-refractivity contribution in [3.8, 4) is 0 Å². The van der Waals surface area contributed by atoms with Gasteiger partial charge in [0.1, 0.15) is 5.82 Å². The minimum absolute atomic E-state index is 0.0712. The van der Waals surface area contributed by atoms with E-state index in [0.29, 0.717) is 5.69 Å². The quantitative estimate of drug-likeness (QED) is 0.851. The molecule has 88 valence electrons. The molecule has 0 aliphatic heterocycles. The zero-order valence-electron chi connectivity index (χ0n) is 9.56. The molecule has 0 heterocycles. The second-order valence-corrected chi connectivity index (χ2v) is 4.30. The van der Waals surface area contributed by atoms with Gasteiger partial charge in [-0.15, -0.1) is 0 Å². The summed E-state index contributed by atoms with van der Waals surface area (Å²) in [7, 11) is 0. The van der Waals surface area contributed by atoms with Crippen LogP contribution < -0.4 is 4.90 Å². The molecule has 1 aliphatic rings. The van der Waals surface area contributed by atoms with E-state index in [-0.39, 0.29) is 18.0 Å². The molecule has 2 atom stereocenters. The number of aliphatic hydroxyl groups excluding tert-OH is 1. The summed E-state index contributed by atoms with van der Waals surface area (Å²) in [6.07, 6.45) is 2.48. The number of hydrogen-bond acceptors (Lipinski definition) is 2.